The van der Waals surface area contributed by atoms with Crippen molar-refractivity contribution >= 4 is 0 Å². The van der Waals surface area contributed by atoms with Crippen LogP contribution in [0, 0.1) is 0 Å². The third-order valence-corrected chi connectivity index (χ3v) is 1.69. The van der Waals surface area contributed by atoms with Crippen molar-refractivity contribution in [1.82, 2.24) is 0 Å². The van der Waals surface area contributed by atoms with E-state index in [1.165, 1.54) is 0 Å². The minimum Gasteiger partial charge on any atom is -0.336 e. The molecule has 0 heterocycles. The van der Waals surface area contributed by atoms with Gasteiger partial charge in [0.25, 0.3) is 0 Å². The van der Waals surface area contributed by atoms with Crippen molar-refractivity contribution in [3.8, 4) is 0 Å². The van der Waals surface area contributed by atoms with Gasteiger partial charge in [0, 0.05) is 12.8 Å². The van der Waals surface area contributed by atoms with Crippen LogP contribution in [-0.2, 0) is 0 Å². The van der Waals surface area contributed by atoms with Gasteiger partial charge < -0.3 is 5.11 Å². The molecule has 6 heteroatoms. The molecule has 0 atom stereocenters. The molecule has 0 saturated carbocycles. The van der Waals surface area contributed by atoms with E-state index in [1.807, 2.05) is 0 Å². The lowest BCUT2D eigenvalue weighted by Crippen LogP contribution is -2.13. The maximum absolute atomic E-state index is 11.8. The summed E-state index contributed by atoms with van der Waals surface area (Å²) in [5.41, 5.74) is 0. The predicted octanol–water partition coefficient (Wildman–Crippen LogP) is 3.47. The molecule has 14 heavy (non-hydrogen) atoms. The molecule has 0 aromatic heterocycles. The zero-order valence-corrected chi connectivity index (χ0v) is 7.58. The summed E-state index contributed by atoms with van der Waals surface area (Å²) in [5, 5.41) is 7.99. The van der Waals surface area contributed by atoms with Gasteiger partial charge in [-0.15, -0.1) is 0 Å². The molecule has 0 aliphatic rings. The number of halogens is 5. The SMILES string of the molecule is OC(F)(F)CCCCCCC(F)(F)F. The average Bonchev–Trinajstić information content (AvgIpc) is 1.92. The minimum absolute atomic E-state index is 0.0412. The maximum atomic E-state index is 11.8. The van der Waals surface area contributed by atoms with Gasteiger partial charge in [-0.25, -0.2) is 0 Å². The Morgan fingerprint density at radius 3 is 1.50 bits per heavy atom. The number of alkyl halides is 5. The van der Waals surface area contributed by atoms with Crippen LogP contribution in [-0.4, -0.2) is 17.4 Å². The van der Waals surface area contributed by atoms with Crippen molar-refractivity contribution in [3.63, 3.8) is 0 Å². The van der Waals surface area contributed by atoms with Crippen LogP contribution in [0.15, 0.2) is 0 Å². The van der Waals surface area contributed by atoms with Crippen LogP contribution in [0.3, 0.4) is 0 Å². The Balaban J connectivity index is 3.23. The molecular formula is C8H13F5O. The summed E-state index contributed by atoms with van der Waals surface area (Å²) in [5.74, 6) is 0. The molecule has 0 radical (unpaired) electrons. The Morgan fingerprint density at radius 1 is 0.714 bits per heavy atom. The lowest BCUT2D eigenvalue weighted by Gasteiger charge is -2.08. The number of rotatable bonds is 6. The predicted molar refractivity (Wildman–Crippen MR) is 40.9 cm³/mol. The summed E-state index contributed by atoms with van der Waals surface area (Å²) >= 11 is 0. The van der Waals surface area contributed by atoms with Crippen molar-refractivity contribution < 1.29 is 27.1 Å². The first-order valence-electron chi connectivity index (χ1n) is 4.38. The van der Waals surface area contributed by atoms with Crippen LogP contribution in [0.25, 0.3) is 0 Å². The number of hydrogen-bond donors (Lipinski definition) is 1. The van der Waals surface area contributed by atoms with Crippen LogP contribution in [0.2, 0.25) is 0 Å². The molecule has 86 valence electrons. The fraction of sp³-hybridized carbons (Fsp3) is 1.00. The second-order valence-corrected chi connectivity index (χ2v) is 3.20. The Labute approximate surface area is 78.9 Å². The molecule has 0 aromatic rings. The first-order valence-corrected chi connectivity index (χ1v) is 4.38. The van der Waals surface area contributed by atoms with Crippen LogP contribution in [0.1, 0.15) is 38.5 Å². The highest BCUT2D eigenvalue weighted by Crippen LogP contribution is 2.24. The van der Waals surface area contributed by atoms with Gasteiger partial charge in [-0.05, 0) is 12.8 Å². The summed E-state index contributed by atoms with van der Waals surface area (Å²) in [6, 6.07) is 0. The largest absolute Gasteiger partial charge is 0.389 e. The summed E-state index contributed by atoms with van der Waals surface area (Å²) < 4.78 is 58.4. The highest BCUT2D eigenvalue weighted by atomic mass is 19.4. The zero-order valence-electron chi connectivity index (χ0n) is 7.58. The van der Waals surface area contributed by atoms with Gasteiger partial charge in [-0.2, -0.15) is 22.0 Å². The quantitative estimate of drug-likeness (QED) is 0.536. The fourth-order valence-corrected chi connectivity index (χ4v) is 1.02. The van der Waals surface area contributed by atoms with E-state index >= 15 is 0 Å². The van der Waals surface area contributed by atoms with E-state index in [4.69, 9.17) is 5.11 Å². The van der Waals surface area contributed by atoms with Crippen LogP contribution >= 0.6 is 0 Å². The molecule has 1 N–H and O–H groups in total. The van der Waals surface area contributed by atoms with Crippen LogP contribution in [0.4, 0.5) is 22.0 Å². The topological polar surface area (TPSA) is 20.2 Å². The monoisotopic (exact) mass is 220 g/mol. The van der Waals surface area contributed by atoms with E-state index in [9.17, 15) is 22.0 Å². The van der Waals surface area contributed by atoms with Gasteiger partial charge >= 0.3 is 12.3 Å². The summed E-state index contributed by atoms with van der Waals surface area (Å²) in [6.45, 7) is 0. The Bertz CT molecular complexity index is 131. The lowest BCUT2D eigenvalue weighted by atomic mass is 10.1. The number of aliphatic hydroxyl groups is 1. The first kappa shape index (κ1) is 13.6. The Morgan fingerprint density at radius 2 is 1.14 bits per heavy atom. The standard InChI is InChI=1S/C8H13F5O/c9-7(10,11)5-3-1-2-4-6-8(12,13)14/h14H,1-6H2. The summed E-state index contributed by atoms with van der Waals surface area (Å²) in [6.07, 6.45) is -8.86. The molecule has 0 spiro atoms. The molecule has 0 amide bonds. The Hall–Kier alpha value is -0.390. The highest BCUT2D eigenvalue weighted by molar-refractivity contribution is 4.54. The molecule has 0 aliphatic heterocycles. The second kappa shape index (κ2) is 5.48. The average molecular weight is 220 g/mol. The Kier molecular flexibility index (Phi) is 5.33. The van der Waals surface area contributed by atoms with Crippen molar-refractivity contribution in [2.24, 2.45) is 0 Å². The number of unbranched alkanes of at least 4 members (excludes halogenated alkanes) is 3. The highest BCUT2D eigenvalue weighted by Gasteiger charge is 2.26. The molecule has 0 aromatic carbocycles. The molecule has 0 aliphatic carbocycles. The molecule has 1 nitrogen and oxygen atoms in total. The van der Waals surface area contributed by atoms with Crippen LogP contribution in [0.5, 0.6) is 0 Å². The third kappa shape index (κ3) is 11.6. The molecule has 0 bridgehead atoms. The minimum atomic E-state index is -4.17. The van der Waals surface area contributed by atoms with Crippen molar-refractivity contribution in [2.75, 3.05) is 0 Å². The molecule has 0 fully saturated rings. The fourth-order valence-electron chi connectivity index (χ4n) is 1.02. The van der Waals surface area contributed by atoms with Gasteiger partial charge in [-0.3, -0.25) is 0 Å². The smallest absolute Gasteiger partial charge is 0.336 e. The van der Waals surface area contributed by atoms with Gasteiger partial charge in [0.05, 0.1) is 0 Å². The van der Waals surface area contributed by atoms with Gasteiger partial charge in [0.1, 0.15) is 0 Å². The summed E-state index contributed by atoms with van der Waals surface area (Å²) in [7, 11) is 0. The number of hydrogen-bond acceptors (Lipinski definition) is 1. The van der Waals surface area contributed by atoms with E-state index in [0.29, 0.717) is 0 Å². The molecule has 0 unspecified atom stereocenters. The lowest BCUT2D eigenvalue weighted by molar-refractivity contribution is -0.203. The van der Waals surface area contributed by atoms with Crippen molar-refractivity contribution in [1.29, 1.82) is 0 Å². The molecule has 0 saturated heterocycles. The van der Waals surface area contributed by atoms with Gasteiger partial charge in [0.2, 0.25) is 0 Å². The summed E-state index contributed by atoms with van der Waals surface area (Å²) in [4.78, 5) is 0. The first-order chi connectivity index (χ1) is 6.21. The van der Waals surface area contributed by atoms with E-state index < -0.39 is 25.1 Å². The molecule has 0 rings (SSSR count). The third-order valence-electron chi connectivity index (χ3n) is 1.69. The van der Waals surface area contributed by atoms with E-state index in [-0.39, 0.29) is 25.7 Å². The normalized spacial score (nSPS) is 13.3. The van der Waals surface area contributed by atoms with Crippen LogP contribution < -0.4 is 0 Å². The van der Waals surface area contributed by atoms with Crippen molar-refractivity contribution in [2.45, 2.75) is 50.8 Å². The van der Waals surface area contributed by atoms with E-state index in [2.05, 4.69) is 0 Å². The zero-order chi connectivity index (χ0) is 11.2. The van der Waals surface area contributed by atoms with Gasteiger partial charge in [-0.1, -0.05) is 12.8 Å². The molecular weight excluding hydrogens is 207 g/mol. The second-order valence-electron chi connectivity index (χ2n) is 3.20. The van der Waals surface area contributed by atoms with Crippen molar-refractivity contribution in [3.05, 3.63) is 0 Å². The van der Waals surface area contributed by atoms with E-state index in [1.54, 1.807) is 0 Å². The maximum Gasteiger partial charge on any atom is 0.389 e. The van der Waals surface area contributed by atoms with E-state index in [0.717, 1.165) is 0 Å². The van der Waals surface area contributed by atoms with Gasteiger partial charge in [0.15, 0.2) is 0 Å².